The molecule has 1 aromatic heterocycles. The summed E-state index contributed by atoms with van der Waals surface area (Å²) in [6, 6.07) is 1.51. The standard InChI is InChI=1S/C8H11N3O3/c1-5-3-7(14-2)8(11(12)13)6(4-9)10-5/h3H,4,9H2,1-2H3. The number of methoxy groups -OCH3 is 1. The molecule has 0 saturated carbocycles. The Morgan fingerprint density at radius 3 is 2.79 bits per heavy atom. The van der Waals surface area contributed by atoms with Gasteiger partial charge in [0.15, 0.2) is 0 Å². The minimum Gasteiger partial charge on any atom is -0.490 e. The molecule has 0 spiro atoms. The highest BCUT2D eigenvalue weighted by atomic mass is 16.6. The molecular formula is C8H11N3O3. The summed E-state index contributed by atoms with van der Waals surface area (Å²) in [4.78, 5) is 14.1. The molecule has 76 valence electrons. The van der Waals surface area contributed by atoms with Crippen LogP contribution in [0.4, 0.5) is 5.69 Å². The number of aryl methyl sites for hydroxylation is 1. The van der Waals surface area contributed by atoms with Crippen molar-refractivity contribution in [2.75, 3.05) is 7.11 Å². The van der Waals surface area contributed by atoms with Gasteiger partial charge in [-0.2, -0.15) is 0 Å². The van der Waals surface area contributed by atoms with Crippen molar-refractivity contribution in [3.63, 3.8) is 0 Å². The Morgan fingerprint density at radius 1 is 1.71 bits per heavy atom. The third-order valence-corrected chi connectivity index (χ3v) is 1.75. The van der Waals surface area contributed by atoms with Gasteiger partial charge in [-0.1, -0.05) is 0 Å². The molecule has 0 aromatic carbocycles. The van der Waals surface area contributed by atoms with Gasteiger partial charge in [-0.3, -0.25) is 10.1 Å². The Morgan fingerprint density at radius 2 is 2.36 bits per heavy atom. The fraction of sp³-hybridized carbons (Fsp3) is 0.375. The summed E-state index contributed by atoms with van der Waals surface area (Å²) in [6.45, 7) is 1.75. The van der Waals surface area contributed by atoms with Crippen LogP contribution in [0, 0.1) is 17.0 Å². The van der Waals surface area contributed by atoms with Crippen molar-refractivity contribution in [1.29, 1.82) is 0 Å². The molecule has 6 nitrogen and oxygen atoms in total. The Bertz CT molecular complexity index is 340. The Balaban J connectivity index is 3.40. The van der Waals surface area contributed by atoms with E-state index in [4.69, 9.17) is 10.5 Å². The molecular weight excluding hydrogens is 186 g/mol. The summed E-state index contributed by atoms with van der Waals surface area (Å²) in [5.74, 6) is 0.197. The van der Waals surface area contributed by atoms with Gasteiger partial charge in [-0.15, -0.1) is 0 Å². The second-order valence-corrected chi connectivity index (χ2v) is 2.72. The molecule has 0 radical (unpaired) electrons. The number of hydrogen-bond acceptors (Lipinski definition) is 5. The molecule has 0 atom stereocenters. The van der Waals surface area contributed by atoms with Crippen LogP contribution in [0.15, 0.2) is 6.07 Å². The molecule has 0 bridgehead atoms. The van der Waals surface area contributed by atoms with Crippen molar-refractivity contribution < 1.29 is 9.66 Å². The first-order chi connectivity index (χ1) is 6.60. The first-order valence-corrected chi connectivity index (χ1v) is 3.99. The van der Waals surface area contributed by atoms with E-state index in [1.165, 1.54) is 13.2 Å². The monoisotopic (exact) mass is 197 g/mol. The van der Waals surface area contributed by atoms with Crippen LogP contribution in [0.3, 0.4) is 0 Å². The zero-order valence-corrected chi connectivity index (χ0v) is 7.98. The number of nitrogens with zero attached hydrogens (tertiary/aromatic N) is 2. The smallest absolute Gasteiger partial charge is 0.333 e. The van der Waals surface area contributed by atoms with E-state index in [9.17, 15) is 10.1 Å². The highest BCUT2D eigenvalue weighted by Crippen LogP contribution is 2.29. The maximum Gasteiger partial charge on any atom is 0.333 e. The fourth-order valence-corrected chi connectivity index (χ4v) is 1.19. The lowest BCUT2D eigenvalue weighted by molar-refractivity contribution is -0.386. The van der Waals surface area contributed by atoms with Crippen LogP contribution >= 0.6 is 0 Å². The average molecular weight is 197 g/mol. The van der Waals surface area contributed by atoms with Gasteiger partial charge < -0.3 is 10.5 Å². The second kappa shape index (κ2) is 4.01. The molecule has 0 amide bonds. The van der Waals surface area contributed by atoms with Gasteiger partial charge in [0.25, 0.3) is 0 Å². The molecule has 1 rings (SSSR count). The van der Waals surface area contributed by atoms with Crippen LogP contribution in [-0.4, -0.2) is 17.0 Å². The summed E-state index contributed by atoms with van der Waals surface area (Å²) in [5, 5.41) is 10.7. The first-order valence-electron chi connectivity index (χ1n) is 3.99. The lowest BCUT2D eigenvalue weighted by Gasteiger charge is -2.05. The SMILES string of the molecule is COc1cc(C)nc(CN)c1[N+](=O)[O-]. The molecule has 0 aliphatic carbocycles. The topological polar surface area (TPSA) is 91.3 Å². The highest BCUT2D eigenvalue weighted by Gasteiger charge is 2.21. The van der Waals surface area contributed by atoms with Crippen LogP contribution in [0.5, 0.6) is 5.75 Å². The number of pyridine rings is 1. The summed E-state index contributed by atoms with van der Waals surface area (Å²) in [5.41, 5.74) is 6.09. The van der Waals surface area contributed by atoms with Gasteiger partial charge >= 0.3 is 5.69 Å². The lowest BCUT2D eigenvalue weighted by atomic mass is 10.2. The molecule has 2 N–H and O–H groups in total. The van der Waals surface area contributed by atoms with E-state index in [0.29, 0.717) is 5.69 Å². The van der Waals surface area contributed by atoms with Crippen molar-refractivity contribution >= 4 is 5.69 Å². The molecule has 1 heterocycles. The van der Waals surface area contributed by atoms with Crippen molar-refractivity contribution in [1.82, 2.24) is 4.98 Å². The molecule has 0 fully saturated rings. The summed E-state index contributed by atoms with van der Waals surface area (Å²) in [6.07, 6.45) is 0. The average Bonchev–Trinajstić information content (AvgIpc) is 2.15. The Labute approximate surface area is 80.9 Å². The molecule has 0 saturated heterocycles. The summed E-state index contributed by atoms with van der Waals surface area (Å²) < 4.78 is 4.89. The fourth-order valence-electron chi connectivity index (χ4n) is 1.19. The number of ether oxygens (including phenoxy) is 1. The Kier molecular flexibility index (Phi) is 2.98. The minimum atomic E-state index is -0.534. The van der Waals surface area contributed by atoms with Crippen molar-refractivity contribution in [2.45, 2.75) is 13.5 Å². The highest BCUT2D eigenvalue weighted by molar-refractivity contribution is 5.50. The number of nitro groups is 1. The van der Waals surface area contributed by atoms with E-state index in [0.717, 1.165) is 0 Å². The van der Waals surface area contributed by atoms with Crippen molar-refractivity contribution in [2.24, 2.45) is 5.73 Å². The van der Waals surface area contributed by atoms with Gasteiger partial charge in [-0.25, -0.2) is 4.98 Å². The summed E-state index contributed by atoms with van der Waals surface area (Å²) in [7, 11) is 1.38. The maximum atomic E-state index is 10.7. The number of rotatable bonds is 3. The minimum absolute atomic E-state index is 0.0222. The summed E-state index contributed by atoms with van der Waals surface area (Å²) >= 11 is 0. The van der Waals surface area contributed by atoms with E-state index >= 15 is 0 Å². The normalized spacial score (nSPS) is 9.93. The zero-order chi connectivity index (χ0) is 10.7. The van der Waals surface area contributed by atoms with Crippen LogP contribution < -0.4 is 10.5 Å². The quantitative estimate of drug-likeness (QED) is 0.570. The zero-order valence-electron chi connectivity index (χ0n) is 7.98. The number of aromatic nitrogens is 1. The first kappa shape index (κ1) is 10.4. The molecule has 14 heavy (non-hydrogen) atoms. The third-order valence-electron chi connectivity index (χ3n) is 1.75. The van der Waals surface area contributed by atoms with Gasteiger partial charge in [0.05, 0.1) is 12.0 Å². The largest absolute Gasteiger partial charge is 0.490 e. The molecule has 6 heteroatoms. The van der Waals surface area contributed by atoms with E-state index in [1.54, 1.807) is 6.92 Å². The predicted molar refractivity (Wildman–Crippen MR) is 50.1 cm³/mol. The number of hydrogen-bond donors (Lipinski definition) is 1. The maximum absolute atomic E-state index is 10.7. The third kappa shape index (κ3) is 1.80. The molecule has 1 aromatic rings. The van der Waals surface area contributed by atoms with Crippen LogP contribution in [-0.2, 0) is 6.54 Å². The van der Waals surface area contributed by atoms with Crippen LogP contribution in [0.25, 0.3) is 0 Å². The Hall–Kier alpha value is -1.69. The van der Waals surface area contributed by atoms with Crippen LogP contribution in [0.1, 0.15) is 11.4 Å². The lowest BCUT2D eigenvalue weighted by Crippen LogP contribution is -2.07. The predicted octanol–water partition coefficient (Wildman–Crippen LogP) is 0.766. The van der Waals surface area contributed by atoms with Crippen molar-refractivity contribution in [3.8, 4) is 5.75 Å². The van der Waals surface area contributed by atoms with Crippen molar-refractivity contribution in [3.05, 3.63) is 27.6 Å². The number of nitrogens with two attached hydrogens (primary N) is 1. The van der Waals surface area contributed by atoms with Gasteiger partial charge in [0.1, 0.15) is 5.69 Å². The van der Waals surface area contributed by atoms with E-state index < -0.39 is 4.92 Å². The van der Waals surface area contributed by atoms with E-state index in [-0.39, 0.29) is 23.7 Å². The van der Waals surface area contributed by atoms with Gasteiger partial charge in [0, 0.05) is 18.3 Å². The van der Waals surface area contributed by atoms with E-state index in [1.807, 2.05) is 0 Å². The molecule has 0 aliphatic rings. The second-order valence-electron chi connectivity index (χ2n) is 2.72. The van der Waals surface area contributed by atoms with Crippen LogP contribution in [0.2, 0.25) is 0 Å². The molecule has 0 unspecified atom stereocenters. The molecule has 0 aliphatic heterocycles. The van der Waals surface area contributed by atoms with E-state index in [2.05, 4.69) is 4.98 Å². The van der Waals surface area contributed by atoms with Gasteiger partial charge in [-0.05, 0) is 6.92 Å². The van der Waals surface area contributed by atoms with Gasteiger partial charge in [0.2, 0.25) is 5.75 Å².